The van der Waals surface area contributed by atoms with Crippen LogP contribution in [0.1, 0.15) is 266 Å². The standard InChI is InChI=1S/C28H34ClN3O3S.C27H32ClN3O3S.C26H31ClN4O3S.C26H30ClN3O3S/c1-3-7-22(33)14-20(15-27-31-24-11-10-21(29)16-26(24)36-27)28(35)32-23(19-8-5-4-6-9-19)12-13-25(34)18(2)17-30;1-3-21(32)13-19(14-26-30-23-10-9-20(28)15-25(23)35-26)27(34)31-22(18-7-5-4-6-8-18)11-12-24(33)17(2)16-29;1-16(15-28)22(32)11-10-20(17-6-4-3-5-7-17)31-26(34)18(12-24(33)29-2)13-25-30-21-9-8-19(27)14-23(21)35-25;1-16(15-28)23(32)11-10-21(18-6-4-3-5-7-18)30-26(33)19(12-17(2)31)13-25-29-22-9-8-20(27)14-24(22)34-25/h10-11,16,19-20,23H,2-9,12-15H2,1H3,(H,32,35);9-10,15,18-19,22H,2-8,11-14H2,1H3,(H,31,34);8-9,14,17-18,20H,1,3-7,10-13H2,2H3,(H,29,33)(H,31,34);8-9,14,18-19,21H,1,3-7,10-13H2,2H3,(H,30,33)/t20-,23+;19-,22+;18-,20+;19-,21+/m0000/s1. The summed E-state index contributed by atoms with van der Waals surface area (Å²) in [5.74, 6) is -3.16. The fourth-order valence-corrected chi connectivity index (χ4v) is 24.1. The molecule has 8 aromatic rings. The highest BCUT2D eigenvalue weighted by Gasteiger charge is 2.37. The van der Waals surface area contributed by atoms with Crippen molar-refractivity contribution in [2.45, 2.75) is 295 Å². The molecule has 33 heteroatoms. The first kappa shape index (κ1) is 113. The number of hydrogen-bond donors (Lipinski definition) is 5. The lowest BCUT2D eigenvalue weighted by molar-refractivity contribution is -0.131. The molecule has 4 fully saturated rings. The number of ketones is 7. The second-order valence-corrected chi connectivity index (χ2v) is 43.3. The van der Waals surface area contributed by atoms with E-state index in [0.717, 1.165) is 170 Å². The molecular formula is C107H127Cl4N13O12S4. The number of hydrogen-bond acceptors (Lipinski definition) is 24. The molecule has 4 aliphatic carbocycles. The summed E-state index contributed by atoms with van der Waals surface area (Å²) in [5, 5.41) is 56.9. The van der Waals surface area contributed by atoms with Crippen LogP contribution in [0.2, 0.25) is 20.1 Å². The summed E-state index contributed by atoms with van der Waals surface area (Å²) >= 11 is 30.3. The van der Waals surface area contributed by atoms with Crippen molar-refractivity contribution < 1.29 is 57.5 Å². The Balaban J connectivity index is 0.000000209. The normalized spacial score (nSPS) is 15.8. The smallest absolute Gasteiger partial charge is 0.224 e. The third kappa shape index (κ3) is 36.5. The van der Waals surface area contributed by atoms with Crippen molar-refractivity contribution in [3.8, 4) is 24.3 Å². The highest BCUT2D eigenvalue weighted by molar-refractivity contribution is 7.19. The Morgan fingerprint density at radius 2 is 0.607 bits per heavy atom. The van der Waals surface area contributed by atoms with E-state index in [1.165, 1.54) is 78.0 Å². The maximum atomic E-state index is 13.6. The topological polar surface area (TPSA) is 412 Å². The van der Waals surface area contributed by atoms with E-state index in [1.54, 1.807) is 44.3 Å². The maximum Gasteiger partial charge on any atom is 0.224 e. The van der Waals surface area contributed by atoms with Gasteiger partial charge >= 0.3 is 0 Å². The third-order valence-corrected chi connectivity index (χ3v) is 31.8. The van der Waals surface area contributed by atoms with E-state index in [0.29, 0.717) is 84.3 Å². The Bertz CT molecular complexity index is 5770. The van der Waals surface area contributed by atoms with Gasteiger partial charge in [0.2, 0.25) is 29.5 Å². The van der Waals surface area contributed by atoms with E-state index in [-0.39, 0.29) is 192 Å². The van der Waals surface area contributed by atoms with E-state index in [2.05, 4.69) is 72.8 Å². The Morgan fingerprint density at radius 1 is 0.364 bits per heavy atom. The van der Waals surface area contributed by atoms with Crippen molar-refractivity contribution >= 4 is 203 Å². The van der Waals surface area contributed by atoms with Gasteiger partial charge in [0.25, 0.3) is 0 Å². The monoisotopic (exact) mass is 2050 g/mol. The number of benzene rings is 4. The van der Waals surface area contributed by atoms with Gasteiger partial charge in [0.05, 0.1) is 107 Å². The largest absolute Gasteiger partial charge is 0.359 e. The second kappa shape index (κ2) is 58.2. The number of halogens is 4. The van der Waals surface area contributed by atoms with Crippen molar-refractivity contribution in [3.05, 3.63) is 162 Å². The highest BCUT2D eigenvalue weighted by Crippen LogP contribution is 2.38. The SMILES string of the molecule is C=C(C#N)C(=O)CC[C@@H](NC(=O)[C@@H](CC(=O)CC)Cc1nc2ccc(Cl)cc2s1)C1CCCCC1.C=C(C#N)C(=O)CC[C@@H](NC(=O)[C@@H](CC(=O)CCC)Cc1nc2ccc(Cl)cc2s1)C1CCCCC1.C=C(C#N)C(=O)CC[C@@H](NC(=O)[C@@H](CC(=O)NC)Cc1nc2ccc(Cl)cc2s1)C1CCCCC1.C=C(C#N)C(=O)CC[C@@H](NC(=O)[C@@H](CC(C)=O)Cc1nc2ccc(Cl)cc2s1)C1CCCCC1. The Morgan fingerprint density at radius 3 is 0.836 bits per heavy atom. The zero-order chi connectivity index (χ0) is 101. The van der Waals surface area contributed by atoms with Crippen LogP contribution in [0.5, 0.6) is 0 Å². The Hall–Kier alpha value is -10.4. The molecular weight excluding hydrogens is 1930 g/mol. The van der Waals surface area contributed by atoms with Gasteiger partial charge in [-0.25, -0.2) is 19.9 Å². The minimum Gasteiger partial charge on any atom is -0.359 e. The number of allylic oxidation sites excluding steroid dienone is 4. The minimum atomic E-state index is -0.596. The molecule has 0 bridgehead atoms. The molecule has 744 valence electrons. The average Bonchev–Trinajstić information content (AvgIpc) is 1.69. The summed E-state index contributed by atoms with van der Waals surface area (Å²) in [5.41, 5.74) is 3.06. The zero-order valence-corrected chi connectivity index (χ0v) is 86.7. The summed E-state index contributed by atoms with van der Waals surface area (Å²) in [7, 11) is 1.55. The number of nitrogens with zero attached hydrogens (tertiary/aromatic N) is 8. The number of fused-ring (bicyclic) bond motifs is 4. The molecule has 140 heavy (non-hydrogen) atoms. The number of aromatic nitrogens is 4. The fourth-order valence-electron chi connectivity index (χ4n) is 18.8. The molecule has 4 saturated carbocycles. The number of carbonyl (C=O) groups excluding carboxylic acids is 12. The molecule has 0 unspecified atom stereocenters. The van der Waals surface area contributed by atoms with Crippen molar-refractivity contribution in [2.24, 2.45) is 47.3 Å². The van der Waals surface area contributed by atoms with E-state index >= 15 is 0 Å². The van der Waals surface area contributed by atoms with Crippen LogP contribution in [-0.4, -0.2) is 121 Å². The number of amides is 5. The Kier molecular flexibility index (Phi) is 47.1. The number of carbonyl (C=O) groups is 12. The van der Waals surface area contributed by atoms with Gasteiger partial charge in [0, 0.05) is 141 Å². The lowest BCUT2D eigenvalue weighted by Crippen LogP contribution is -2.45. The molecule has 5 amide bonds. The molecule has 0 aliphatic heterocycles. The van der Waals surface area contributed by atoms with Gasteiger partial charge < -0.3 is 31.4 Å². The quantitative estimate of drug-likeness (QED) is 0.0175. The van der Waals surface area contributed by atoms with Gasteiger partial charge in [0.1, 0.15) is 41.6 Å². The number of nitriles is 4. The fraction of sp³-hybridized carbons (Fsp3) is 0.514. The van der Waals surface area contributed by atoms with E-state index < -0.39 is 23.7 Å². The van der Waals surface area contributed by atoms with Crippen molar-refractivity contribution in [1.29, 1.82) is 21.0 Å². The van der Waals surface area contributed by atoms with Gasteiger partial charge in [-0.05, 0) is 187 Å². The van der Waals surface area contributed by atoms with Gasteiger partial charge in [0.15, 0.2) is 23.1 Å². The summed E-state index contributed by atoms with van der Waals surface area (Å²) in [6, 6.07) is 28.5. The predicted octanol–water partition coefficient (Wildman–Crippen LogP) is 22.7. The van der Waals surface area contributed by atoms with E-state index in [9.17, 15) is 57.5 Å². The molecule has 8 atom stereocenters. The van der Waals surface area contributed by atoms with Crippen LogP contribution in [0.25, 0.3) is 40.9 Å². The second-order valence-electron chi connectivity index (χ2n) is 37.1. The van der Waals surface area contributed by atoms with Crippen LogP contribution in [0.4, 0.5) is 0 Å². The lowest BCUT2D eigenvalue weighted by atomic mass is 9.81. The summed E-state index contributed by atoms with van der Waals surface area (Å²) in [4.78, 5) is 170. The molecule has 5 N–H and O–H groups in total. The van der Waals surface area contributed by atoms with Crippen LogP contribution in [-0.2, 0) is 83.2 Å². The highest BCUT2D eigenvalue weighted by atomic mass is 35.5. The van der Waals surface area contributed by atoms with Crippen LogP contribution < -0.4 is 26.6 Å². The first-order valence-corrected chi connectivity index (χ1v) is 53.6. The maximum absolute atomic E-state index is 13.6. The van der Waals surface area contributed by atoms with E-state index in [4.69, 9.17) is 67.5 Å². The van der Waals surface area contributed by atoms with Gasteiger partial charge in [-0.15, -0.1) is 45.3 Å². The average molecular weight is 2060 g/mol. The van der Waals surface area contributed by atoms with Crippen LogP contribution >= 0.6 is 91.8 Å². The number of thiazole rings is 4. The van der Waals surface area contributed by atoms with Crippen molar-refractivity contribution in [3.63, 3.8) is 0 Å². The first-order valence-electron chi connectivity index (χ1n) is 48.8. The van der Waals surface area contributed by atoms with Crippen LogP contribution in [0, 0.1) is 92.7 Å². The third-order valence-electron chi connectivity index (χ3n) is 26.7. The first-order chi connectivity index (χ1) is 67.2. The molecule has 0 radical (unpaired) electrons. The van der Waals surface area contributed by atoms with Gasteiger partial charge in [-0.2, -0.15) is 21.0 Å². The molecule has 4 aromatic carbocycles. The van der Waals surface area contributed by atoms with Gasteiger partial charge in [-0.1, -0.05) is 164 Å². The summed E-state index contributed by atoms with van der Waals surface area (Å²) in [6.45, 7) is 19.3. The van der Waals surface area contributed by atoms with Crippen LogP contribution in [0.15, 0.2) is 121 Å². The molecule has 0 saturated heterocycles. The molecule has 4 aliphatic rings. The molecule has 25 nitrogen and oxygen atoms in total. The van der Waals surface area contributed by atoms with Gasteiger partial charge in [-0.3, -0.25) is 52.7 Å². The summed E-state index contributed by atoms with van der Waals surface area (Å²) in [6.07, 6.45) is 27.4. The minimum absolute atomic E-state index is 0.0315. The lowest BCUT2D eigenvalue weighted by Gasteiger charge is -2.32. The number of Topliss-reactive ketones (excluding diaryl/α,β-unsaturated/α-hetero) is 7. The molecule has 12 rings (SSSR count). The Labute approximate surface area is 856 Å². The molecule has 4 aromatic heterocycles. The number of rotatable bonds is 47. The molecule has 4 heterocycles. The van der Waals surface area contributed by atoms with E-state index in [1.807, 2.05) is 73.7 Å². The molecule has 0 spiro atoms. The van der Waals surface area contributed by atoms with Crippen molar-refractivity contribution in [2.75, 3.05) is 7.05 Å². The van der Waals surface area contributed by atoms with Crippen molar-refractivity contribution in [1.82, 2.24) is 46.5 Å². The predicted molar refractivity (Wildman–Crippen MR) is 556 cm³/mol. The van der Waals surface area contributed by atoms with Crippen LogP contribution in [0.3, 0.4) is 0 Å². The number of nitrogens with one attached hydrogen (secondary N) is 5. The summed E-state index contributed by atoms with van der Waals surface area (Å²) < 4.78 is 3.78. The zero-order valence-electron chi connectivity index (χ0n) is 80.4.